The lowest BCUT2D eigenvalue weighted by atomic mass is 9.96. The quantitative estimate of drug-likeness (QED) is 0.607. The maximum atomic E-state index is 12.3. The van der Waals surface area contributed by atoms with E-state index in [2.05, 4.69) is 26.1 Å². The predicted molar refractivity (Wildman–Crippen MR) is 113 cm³/mol. The van der Waals surface area contributed by atoms with Crippen molar-refractivity contribution in [2.24, 2.45) is 0 Å². The normalized spacial score (nSPS) is 15.6. The van der Waals surface area contributed by atoms with Crippen LogP contribution in [0.15, 0.2) is 28.6 Å². The van der Waals surface area contributed by atoms with Gasteiger partial charge in [-0.15, -0.1) is 10.2 Å². The number of nitrogens with zero attached hydrogens (tertiary/aromatic N) is 2. The molecule has 3 rings (SSSR count). The Kier molecular flexibility index (Phi) is 7.27. The molecule has 1 aliphatic rings. The average Bonchev–Trinajstić information content (AvgIpc) is 3.09. The van der Waals surface area contributed by atoms with E-state index in [4.69, 9.17) is 0 Å². The van der Waals surface area contributed by atoms with Gasteiger partial charge in [0.25, 0.3) is 0 Å². The average molecular weight is 420 g/mol. The highest BCUT2D eigenvalue weighted by Crippen LogP contribution is 2.30. The molecule has 0 radical (unpaired) electrons. The van der Waals surface area contributed by atoms with Crippen LogP contribution in [0.1, 0.15) is 44.6 Å². The Morgan fingerprint density at radius 1 is 1.21 bits per heavy atom. The number of anilines is 2. The van der Waals surface area contributed by atoms with Gasteiger partial charge >= 0.3 is 6.03 Å². The van der Waals surface area contributed by atoms with Gasteiger partial charge in [0.15, 0.2) is 4.34 Å². The summed E-state index contributed by atoms with van der Waals surface area (Å²) >= 11 is 2.66. The summed E-state index contributed by atoms with van der Waals surface area (Å²) in [6.07, 6.45) is 5.43. The van der Waals surface area contributed by atoms with Crippen LogP contribution in [0.4, 0.5) is 15.6 Å². The van der Waals surface area contributed by atoms with Crippen molar-refractivity contribution in [1.29, 1.82) is 0 Å². The second-order valence-corrected chi connectivity index (χ2v) is 9.49. The topological polar surface area (TPSA) is 96.0 Å². The molecule has 0 unspecified atom stereocenters. The molecule has 9 heteroatoms. The molecule has 1 fully saturated rings. The van der Waals surface area contributed by atoms with Crippen LogP contribution in [0.5, 0.6) is 0 Å². The van der Waals surface area contributed by atoms with Crippen LogP contribution >= 0.6 is 23.1 Å². The third-order valence-corrected chi connectivity index (χ3v) is 6.52. The molecule has 1 saturated carbocycles. The number of rotatable bonds is 6. The number of benzene rings is 1. The van der Waals surface area contributed by atoms with Crippen molar-refractivity contribution in [3.63, 3.8) is 0 Å². The van der Waals surface area contributed by atoms with Crippen LogP contribution in [0.2, 0.25) is 0 Å². The smallest absolute Gasteiger partial charge is 0.321 e. The summed E-state index contributed by atoms with van der Waals surface area (Å²) in [5, 5.41) is 17.0. The predicted octanol–water partition coefficient (Wildman–Crippen LogP) is 4.23. The molecule has 150 valence electrons. The van der Waals surface area contributed by atoms with Crippen molar-refractivity contribution < 1.29 is 9.59 Å². The molecule has 1 heterocycles. The maximum absolute atomic E-state index is 12.3. The Labute approximate surface area is 173 Å². The molecule has 1 atom stereocenters. The maximum Gasteiger partial charge on any atom is 0.321 e. The van der Waals surface area contributed by atoms with Crippen molar-refractivity contribution in [2.75, 3.05) is 5.32 Å². The molecule has 0 aliphatic heterocycles. The van der Waals surface area contributed by atoms with Gasteiger partial charge in [0.05, 0.1) is 5.25 Å². The summed E-state index contributed by atoms with van der Waals surface area (Å²) in [5.74, 6) is -0.332. The summed E-state index contributed by atoms with van der Waals surface area (Å²) < 4.78 is 0.672. The first kappa shape index (κ1) is 20.6. The number of nitrogens with one attached hydrogen (secondary N) is 3. The number of hydrogen-bond donors (Lipinski definition) is 3. The molecule has 0 bridgehead atoms. The molecule has 3 amide bonds. The number of hydrogen-bond acceptors (Lipinski definition) is 7. The minimum Gasteiger partial charge on any atom is -0.335 e. The first-order chi connectivity index (χ1) is 13.5. The standard InChI is InChI=1S/C19H25N5O2S2/c1-12-7-6-10-15(11-12)21-18-23-24-19(28-18)27-13(2)16(25)22-17(26)20-14-8-4-3-5-9-14/h6-7,10-11,13-14H,3-5,8-9H2,1-2H3,(H,21,23)(H2,20,22,25,26)/t13-/m1/s1. The van der Waals surface area contributed by atoms with Crippen molar-refractivity contribution in [3.05, 3.63) is 29.8 Å². The van der Waals surface area contributed by atoms with Gasteiger partial charge in [0, 0.05) is 11.7 Å². The number of imide groups is 1. The zero-order valence-corrected chi connectivity index (χ0v) is 17.7. The minimum absolute atomic E-state index is 0.169. The number of aryl methyl sites for hydroxylation is 1. The van der Waals surface area contributed by atoms with Gasteiger partial charge in [-0.25, -0.2) is 4.79 Å². The SMILES string of the molecule is Cc1cccc(Nc2nnc(S[C@H](C)C(=O)NC(=O)NC3CCCCC3)s2)c1. The molecule has 1 aromatic carbocycles. The van der Waals surface area contributed by atoms with Crippen LogP contribution in [-0.2, 0) is 4.79 Å². The zero-order chi connectivity index (χ0) is 19.9. The van der Waals surface area contributed by atoms with Crippen molar-refractivity contribution >= 4 is 45.9 Å². The van der Waals surface area contributed by atoms with E-state index >= 15 is 0 Å². The van der Waals surface area contributed by atoms with Gasteiger partial charge in [-0.05, 0) is 44.4 Å². The summed E-state index contributed by atoms with van der Waals surface area (Å²) in [7, 11) is 0. The van der Waals surface area contributed by atoms with Gasteiger partial charge in [0.1, 0.15) is 0 Å². The third-order valence-electron chi connectivity index (χ3n) is 4.50. The van der Waals surface area contributed by atoms with Crippen LogP contribution in [-0.4, -0.2) is 33.4 Å². The molecule has 2 aromatic rings. The van der Waals surface area contributed by atoms with Gasteiger partial charge < -0.3 is 10.6 Å². The number of urea groups is 1. The Morgan fingerprint density at radius 3 is 2.75 bits per heavy atom. The first-order valence-electron chi connectivity index (χ1n) is 9.45. The van der Waals surface area contributed by atoms with E-state index in [1.807, 2.05) is 31.2 Å². The van der Waals surface area contributed by atoms with Gasteiger partial charge in [-0.2, -0.15) is 0 Å². The highest BCUT2D eigenvalue weighted by Gasteiger charge is 2.21. The van der Waals surface area contributed by atoms with Gasteiger partial charge in [-0.1, -0.05) is 54.5 Å². The Balaban J connectivity index is 1.47. The molecule has 0 saturated heterocycles. The lowest BCUT2D eigenvalue weighted by Gasteiger charge is -2.22. The fourth-order valence-electron chi connectivity index (χ4n) is 3.04. The zero-order valence-electron chi connectivity index (χ0n) is 16.0. The summed E-state index contributed by atoms with van der Waals surface area (Å²) in [4.78, 5) is 24.3. The lowest BCUT2D eigenvalue weighted by molar-refractivity contribution is -0.119. The van der Waals surface area contributed by atoms with Crippen molar-refractivity contribution in [3.8, 4) is 0 Å². The van der Waals surface area contributed by atoms with E-state index in [0.29, 0.717) is 9.47 Å². The van der Waals surface area contributed by atoms with Crippen molar-refractivity contribution in [2.45, 2.75) is 61.6 Å². The van der Waals surface area contributed by atoms with Crippen LogP contribution < -0.4 is 16.0 Å². The first-order valence-corrected chi connectivity index (χ1v) is 11.1. The van der Waals surface area contributed by atoms with Gasteiger partial charge in [-0.3, -0.25) is 10.1 Å². The Bertz CT molecular complexity index is 820. The van der Waals surface area contributed by atoms with E-state index in [9.17, 15) is 9.59 Å². The number of amides is 3. The van der Waals surface area contributed by atoms with Crippen LogP contribution in [0.25, 0.3) is 0 Å². The fourth-order valence-corrected chi connectivity index (χ4v) is 4.96. The Hall–Kier alpha value is -2.13. The van der Waals surface area contributed by atoms with Gasteiger partial charge in [0.2, 0.25) is 11.0 Å². The summed E-state index contributed by atoms with van der Waals surface area (Å²) in [5.41, 5.74) is 2.10. The summed E-state index contributed by atoms with van der Waals surface area (Å²) in [6, 6.07) is 7.74. The molecular formula is C19H25N5O2S2. The second-order valence-electron chi connectivity index (χ2n) is 6.93. The van der Waals surface area contributed by atoms with E-state index in [1.54, 1.807) is 6.92 Å². The van der Waals surface area contributed by atoms with Crippen molar-refractivity contribution in [1.82, 2.24) is 20.8 Å². The molecule has 1 aliphatic carbocycles. The molecule has 1 aromatic heterocycles. The minimum atomic E-state index is -0.447. The number of carbonyl (C=O) groups is 2. The second kappa shape index (κ2) is 9.88. The molecule has 28 heavy (non-hydrogen) atoms. The molecule has 7 nitrogen and oxygen atoms in total. The molecule has 0 spiro atoms. The molecule has 3 N–H and O–H groups in total. The number of aromatic nitrogens is 2. The highest BCUT2D eigenvalue weighted by molar-refractivity contribution is 8.02. The van der Waals surface area contributed by atoms with Crippen LogP contribution in [0.3, 0.4) is 0 Å². The van der Waals surface area contributed by atoms with E-state index in [-0.39, 0.29) is 11.9 Å². The van der Waals surface area contributed by atoms with E-state index < -0.39 is 11.3 Å². The Morgan fingerprint density at radius 2 is 2.00 bits per heavy atom. The largest absolute Gasteiger partial charge is 0.335 e. The number of carbonyl (C=O) groups excluding carboxylic acids is 2. The highest BCUT2D eigenvalue weighted by atomic mass is 32.2. The number of thioether (sulfide) groups is 1. The van der Waals surface area contributed by atoms with Crippen LogP contribution in [0, 0.1) is 6.92 Å². The third kappa shape index (κ3) is 6.20. The fraction of sp³-hybridized carbons (Fsp3) is 0.474. The lowest BCUT2D eigenvalue weighted by Crippen LogP contribution is -2.47. The summed E-state index contributed by atoms with van der Waals surface area (Å²) in [6.45, 7) is 3.78. The van der Waals surface area contributed by atoms with E-state index in [0.717, 1.165) is 36.9 Å². The monoisotopic (exact) mass is 419 g/mol. The van der Waals surface area contributed by atoms with E-state index in [1.165, 1.54) is 29.5 Å². The molecular weight excluding hydrogens is 394 g/mol.